The number of aromatic nitrogens is 3. The van der Waals surface area contributed by atoms with Gasteiger partial charge in [0.15, 0.2) is 15.5 Å². The maximum Gasteiger partial charge on any atom is 0.182 e. The number of halogens is 3. The summed E-state index contributed by atoms with van der Waals surface area (Å²) < 4.78 is 68.2. The second kappa shape index (κ2) is 9.32. The van der Waals surface area contributed by atoms with E-state index in [4.69, 9.17) is 0 Å². The van der Waals surface area contributed by atoms with Crippen molar-refractivity contribution in [1.29, 1.82) is 0 Å². The van der Waals surface area contributed by atoms with Crippen molar-refractivity contribution in [3.63, 3.8) is 0 Å². The molecule has 0 aliphatic heterocycles. The van der Waals surface area contributed by atoms with E-state index in [1.54, 1.807) is 36.4 Å². The molecule has 0 aliphatic rings. The van der Waals surface area contributed by atoms with E-state index in [-0.39, 0.29) is 16.3 Å². The zero-order valence-electron chi connectivity index (χ0n) is 18.5. The monoisotopic (exact) mass is 503 g/mol. The van der Waals surface area contributed by atoms with Crippen molar-refractivity contribution < 1.29 is 21.6 Å². The molecule has 5 aromatic rings. The van der Waals surface area contributed by atoms with Gasteiger partial charge in [-0.1, -0.05) is 36.1 Å². The molecule has 178 valence electrons. The van der Waals surface area contributed by atoms with E-state index in [1.807, 2.05) is 0 Å². The molecule has 0 saturated carbocycles. The van der Waals surface area contributed by atoms with Crippen molar-refractivity contribution in [2.24, 2.45) is 0 Å². The third-order valence-electron chi connectivity index (χ3n) is 5.49. The van der Waals surface area contributed by atoms with Crippen LogP contribution in [0.15, 0.2) is 83.9 Å². The Balaban J connectivity index is 1.49. The Morgan fingerprint density at radius 3 is 2.39 bits per heavy atom. The van der Waals surface area contributed by atoms with Crippen molar-refractivity contribution in [3.8, 4) is 23.1 Å². The number of hydrogen-bond donors (Lipinski definition) is 1. The fraction of sp³-hybridized carbons (Fsp3) is 0.0370. The van der Waals surface area contributed by atoms with Crippen molar-refractivity contribution >= 4 is 20.9 Å². The molecule has 0 atom stereocenters. The minimum absolute atomic E-state index is 0.0396. The predicted octanol–water partition coefficient (Wildman–Crippen LogP) is 5.42. The first-order valence-corrected chi connectivity index (χ1v) is 12.3. The molecule has 2 heterocycles. The predicted molar refractivity (Wildman–Crippen MR) is 129 cm³/mol. The molecule has 0 radical (unpaired) electrons. The number of fused-ring (bicyclic) bond motifs is 1. The maximum absolute atomic E-state index is 15.1. The van der Waals surface area contributed by atoms with Crippen molar-refractivity contribution in [1.82, 2.24) is 15.2 Å². The standard InChI is InChI=1S/C27H16F3N3O2S/c28-20-10-7-18(8-11-20)26-23-14-17(15-31-27(23)33-32-26)6-12-22-24(29)13-9-19(25(22)30)16-36(34,35)21-4-2-1-3-5-21/h1-5,7-11,13-15H,16H2,(H,31,32,33). The van der Waals surface area contributed by atoms with E-state index in [9.17, 15) is 17.2 Å². The zero-order valence-corrected chi connectivity index (χ0v) is 19.3. The maximum atomic E-state index is 15.1. The molecule has 2 aromatic heterocycles. The van der Waals surface area contributed by atoms with Crippen LogP contribution in [0.25, 0.3) is 22.3 Å². The topological polar surface area (TPSA) is 75.7 Å². The van der Waals surface area contributed by atoms with E-state index in [0.29, 0.717) is 27.9 Å². The van der Waals surface area contributed by atoms with E-state index in [2.05, 4.69) is 27.0 Å². The van der Waals surface area contributed by atoms with Gasteiger partial charge in [0.25, 0.3) is 0 Å². The van der Waals surface area contributed by atoms with E-state index >= 15 is 4.39 Å². The van der Waals surface area contributed by atoms with Gasteiger partial charge in [-0.05, 0) is 48.5 Å². The first-order valence-electron chi connectivity index (χ1n) is 10.7. The molecule has 1 N–H and O–H groups in total. The first-order chi connectivity index (χ1) is 17.3. The summed E-state index contributed by atoms with van der Waals surface area (Å²) in [5.74, 6) is 2.20. The molecule has 36 heavy (non-hydrogen) atoms. The van der Waals surface area contributed by atoms with Gasteiger partial charge >= 0.3 is 0 Å². The average Bonchev–Trinajstić information content (AvgIpc) is 3.30. The Morgan fingerprint density at radius 2 is 1.64 bits per heavy atom. The van der Waals surface area contributed by atoms with E-state index in [1.165, 1.54) is 30.5 Å². The van der Waals surface area contributed by atoms with Crippen LogP contribution >= 0.6 is 0 Å². The van der Waals surface area contributed by atoms with Crippen molar-refractivity contribution in [3.05, 3.63) is 113 Å². The number of hydrogen-bond acceptors (Lipinski definition) is 4. The summed E-state index contributed by atoms with van der Waals surface area (Å²) in [6.45, 7) is 0. The molecule has 5 nitrogen and oxygen atoms in total. The molecule has 0 amide bonds. The van der Waals surface area contributed by atoms with Gasteiger partial charge in [0.05, 0.1) is 21.9 Å². The highest BCUT2D eigenvalue weighted by molar-refractivity contribution is 7.90. The summed E-state index contributed by atoms with van der Waals surface area (Å²) >= 11 is 0. The lowest BCUT2D eigenvalue weighted by Gasteiger charge is -2.07. The molecule has 3 aromatic carbocycles. The number of rotatable bonds is 4. The summed E-state index contributed by atoms with van der Waals surface area (Å²) in [6, 6.07) is 17.2. The van der Waals surface area contributed by atoms with Gasteiger partial charge in [-0.15, -0.1) is 0 Å². The van der Waals surface area contributed by atoms with Gasteiger partial charge in [0.1, 0.15) is 17.5 Å². The van der Waals surface area contributed by atoms with Crippen LogP contribution in [0.1, 0.15) is 16.7 Å². The Hall–Kier alpha value is -4.42. The van der Waals surface area contributed by atoms with Crippen LogP contribution in [0.5, 0.6) is 0 Å². The molecule has 0 aliphatic carbocycles. The highest BCUT2D eigenvalue weighted by Crippen LogP contribution is 2.26. The van der Waals surface area contributed by atoms with Crippen LogP contribution in [0.2, 0.25) is 0 Å². The lowest BCUT2D eigenvalue weighted by Crippen LogP contribution is -2.08. The SMILES string of the molecule is O=S(=O)(Cc1ccc(F)c(C#Cc2cnc3n[nH]c(-c4ccc(F)cc4)c3c2)c1F)c1ccccc1. The fourth-order valence-electron chi connectivity index (χ4n) is 3.68. The molecule has 0 spiro atoms. The second-order valence-electron chi connectivity index (χ2n) is 7.92. The average molecular weight is 504 g/mol. The smallest absolute Gasteiger partial charge is 0.182 e. The van der Waals surface area contributed by atoms with Crippen molar-refractivity contribution in [2.75, 3.05) is 0 Å². The van der Waals surface area contributed by atoms with Gasteiger partial charge in [-0.25, -0.2) is 26.6 Å². The van der Waals surface area contributed by atoms with E-state index in [0.717, 1.165) is 12.1 Å². The summed E-state index contributed by atoms with van der Waals surface area (Å²) in [4.78, 5) is 4.26. The Kier molecular flexibility index (Phi) is 6.04. The first kappa shape index (κ1) is 23.3. The number of H-pyrrole nitrogens is 1. The molecule has 0 saturated heterocycles. The highest BCUT2D eigenvalue weighted by atomic mass is 32.2. The van der Waals surface area contributed by atoms with Crippen LogP contribution in [0.4, 0.5) is 13.2 Å². The number of sulfone groups is 1. The fourth-order valence-corrected chi connectivity index (χ4v) is 5.05. The van der Waals surface area contributed by atoms with Crippen molar-refractivity contribution in [2.45, 2.75) is 10.6 Å². The number of aromatic amines is 1. The lowest BCUT2D eigenvalue weighted by molar-refractivity contribution is 0.565. The molecule has 9 heteroatoms. The number of nitrogens with one attached hydrogen (secondary N) is 1. The largest absolute Gasteiger partial charge is 0.275 e. The number of pyridine rings is 1. The van der Waals surface area contributed by atoms with Gasteiger partial charge in [-0.2, -0.15) is 5.10 Å². The van der Waals surface area contributed by atoms with Crippen LogP contribution in [-0.4, -0.2) is 23.6 Å². The summed E-state index contributed by atoms with van der Waals surface area (Å²) in [5.41, 5.74) is 1.29. The third kappa shape index (κ3) is 4.59. The lowest BCUT2D eigenvalue weighted by atomic mass is 10.1. The molecular formula is C27H16F3N3O2S. The van der Waals surface area contributed by atoms with Gasteiger partial charge in [-0.3, -0.25) is 5.10 Å². The quantitative estimate of drug-likeness (QED) is 0.333. The van der Waals surface area contributed by atoms with Gasteiger partial charge in [0, 0.05) is 28.3 Å². The molecule has 0 unspecified atom stereocenters. The molecular weight excluding hydrogens is 487 g/mol. The molecule has 0 bridgehead atoms. The summed E-state index contributed by atoms with van der Waals surface area (Å²) in [6.07, 6.45) is 1.41. The van der Waals surface area contributed by atoms with Gasteiger partial charge in [0.2, 0.25) is 0 Å². The van der Waals surface area contributed by atoms with Crippen LogP contribution in [-0.2, 0) is 15.6 Å². The Morgan fingerprint density at radius 1 is 0.889 bits per heavy atom. The van der Waals surface area contributed by atoms with Gasteiger partial charge < -0.3 is 0 Å². The van der Waals surface area contributed by atoms with E-state index < -0.39 is 32.8 Å². The zero-order chi connectivity index (χ0) is 25.3. The third-order valence-corrected chi connectivity index (χ3v) is 7.17. The minimum atomic E-state index is -3.84. The Bertz CT molecular complexity index is 1760. The minimum Gasteiger partial charge on any atom is -0.275 e. The number of benzene rings is 3. The summed E-state index contributed by atoms with van der Waals surface area (Å²) in [7, 11) is -3.84. The number of nitrogens with zero attached hydrogens (tertiary/aromatic N) is 2. The molecule has 0 fully saturated rings. The summed E-state index contributed by atoms with van der Waals surface area (Å²) in [5, 5.41) is 7.57. The van der Waals surface area contributed by atoms with Crippen LogP contribution < -0.4 is 0 Å². The Labute approximate surface area is 204 Å². The van der Waals surface area contributed by atoms with Crippen LogP contribution in [0.3, 0.4) is 0 Å². The van der Waals surface area contributed by atoms with Crippen LogP contribution in [0, 0.1) is 29.3 Å². The highest BCUT2D eigenvalue weighted by Gasteiger charge is 2.20. The molecule has 5 rings (SSSR count). The normalized spacial score (nSPS) is 11.3. The second-order valence-corrected chi connectivity index (χ2v) is 9.91.